The predicted molar refractivity (Wildman–Crippen MR) is 67.4 cm³/mol. The average Bonchev–Trinajstić information content (AvgIpc) is 2.32. The van der Waals surface area contributed by atoms with Crippen LogP contribution in [-0.4, -0.2) is 34.7 Å². The minimum Gasteiger partial charge on any atom is -0.478 e. The molecular formula is C13H16O6. The molecule has 0 aliphatic carbocycles. The van der Waals surface area contributed by atoms with E-state index in [0.29, 0.717) is 0 Å². The summed E-state index contributed by atoms with van der Waals surface area (Å²) in [6.07, 6.45) is 3.13. The molecule has 1 atom stereocenters. The number of hydrogen-bond acceptors (Lipinski definition) is 4. The summed E-state index contributed by atoms with van der Waals surface area (Å²) in [7, 11) is 0. The first kappa shape index (κ1) is 16.6. The van der Waals surface area contributed by atoms with Crippen molar-refractivity contribution in [1.29, 1.82) is 0 Å². The highest BCUT2D eigenvalue weighted by Crippen LogP contribution is 2.15. The topological polar surface area (TPSA) is 101 Å². The molecule has 6 nitrogen and oxygen atoms in total. The predicted octanol–water partition coefficient (Wildman–Crippen LogP) is 1.39. The SMILES string of the molecule is C=C(C=C(C(=O)O)C(C)C=CC(=O)O)C(=O)OCC. The van der Waals surface area contributed by atoms with Crippen LogP contribution in [0.1, 0.15) is 13.8 Å². The molecule has 6 heteroatoms. The molecule has 0 aliphatic heterocycles. The first-order valence-electron chi connectivity index (χ1n) is 5.51. The molecule has 0 heterocycles. The van der Waals surface area contributed by atoms with E-state index < -0.39 is 23.8 Å². The molecule has 0 fully saturated rings. The van der Waals surface area contributed by atoms with Gasteiger partial charge in [0.05, 0.1) is 12.2 Å². The van der Waals surface area contributed by atoms with Gasteiger partial charge in [0.1, 0.15) is 0 Å². The Kier molecular flexibility index (Phi) is 6.88. The third-order valence-corrected chi connectivity index (χ3v) is 2.13. The minimum absolute atomic E-state index is 0.102. The summed E-state index contributed by atoms with van der Waals surface area (Å²) in [5.41, 5.74) is -0.245. The molecule has 0 radical (unpaired) electrons. The van der Waals surface area contributed by atoms with Crippen molar-refractivity contribution in [2.45, 2.75) is 13.8 Å². The Morgan fingerprint density at radius 3 is 2.32 bits per heavy atom. The van der Waals surface area contributed by atoms with E-state index in [4.69, 9.17) is 10.2 Å². The highest BCUT2D eigenvalue weighted by atomic mass is 16.5. The van der Waals surface area contributed by atoms with Gasteiger partial charge in [-0.05, 0) is 13.0 Å². The minimum atomic E-state index is -1.26. The summed E-state index contributed by atoms with van der Waals surface area (Å²) < 4.78 is 4.67. The van der Waals surface area contributed by atoms with Crippen LogP contribution in [0.25, 0.3) is 0 Å². The third-order valence-electron chi connectivity index (χ3n) is 2.13. The zero-order valence-electron chi connectivity index (χ0n) is 10.8. The molecule has 2 N–H and O–H groups in total. The summed E-state index contributed by atoms with van der Waals surface area (Å²) in [5, 5.41) is 17.5. The van der Waals surface area contributed by atoms with Crippen molar-refractivity contribution in [1.82, 2.24) is 0 Å². The van der Waals surface area contributed by atoms with Crippen LogP contribution in [0.2, 0.25) is 0 Å². The van der Waals surface area contributed by atoms with Crippen molar-refractivity contribution in [2.75, 3.05) is 6.61 Å². The van der Waals surface area contributed by atoms with E-state index in [-0.39, 0.29) is 17.8 Å². The van der Waals surface area contributed by atoms with Gasteiger partial charge in [0.2, 0.25) is 0 Å². The quantitative estimate of drug-likeness (QED) is 0.411. The number of carbonyl (C=O) groups excluding carboxylic acids is 1. The van der Waals surface area contributed by atoms with E-state index in [2.05, 4.69) is 11.3 Å². The van der Waals surface area contributed by atoms with Gasteiger partial charge in [-0.3, -0.25) is 0 Å². The van der Waals surface area contributed by atoms with E-state index in [1.54, 1.807) is 6.92 Å². The van der Waals surface area contributed by atoms with Gasteiger partial charge in [-0.2, -0.15) is 0 Å². The van der Waals surface area contributed by atoms with Crippen LogP contribution in [0.5, 0.6) is 0 Å². The molecule has 104 valence electrons. The molecule has 0 aromatic heterocycles. The Bertz CT molecular complexity index is 444. The fourth-order valence-electron chi connectivity index (χ4n) is 1.19. The summed E-state index contributed by atoms with van der Waals surface area (Å²) in [6, 6.07) is 0. The van der Waals surface area contributed by atoms with Crippen molar-refractivity contribution in [3.8, 4) is 0 Å². The Morgan fingerprint density at radius 1 is 1.32 bits per heavy atom. The highest BCUT2D eigenvalue weighted by Gasteiger charge is 2.16. The summed E-state index contributed by atoms with van der Waals surface area (Å²) in [5.74, 6) is -3.83. The van der Waals surface area contributed by atoms with Crippen LogP contribution in [0, 0.1) is 5.92 Å². The van der Waals surface area contributed by atoms with Gasteiger partial charge in [-0.25, -0.2) is 14.4 Å². The molecule has 0 aromatic rings. The van der Waals surface area contributed by atoms with Crippen LogP contribution >= 0.6 is 0 Å². The molecule has 0 aromatic carbocycles. The Hall–Kier alpha value is -2.37. The van der Waals surface area contributed by atoms with Gasteiger partial charge in [-0.1, -0.05) is 19.6 Å². The lowest BCUT2D eigenvalue weighted by molar-refractivity contribution is -0.138. The summed E-state index contributed by atoms with van der Waals surface area (Å²) >= 11 is 0. The molecule has 0 spiro atoms. The second-order valence-electron chi connectivity index (χ2n) is 3.64. The molecule has 0 rings (SSSR count). The molecule has 1 unspecified atom stereocenters. The van der Waals surface area contributed by atoms with E-state index in [1.165, 1.54) is 13.0 Å². The van der Waals surface area contributed by atoms with Crippen molar-refractivity contribution in [3.05, 3.63) is 36.0 Å². The molecule has 0 saturated heterocycles. The average molecular weight is 268 g/mol. The van der Waals surface area contributed by atoms with Crippen molar-refractivity contribution in [2.24, 2.45) is 5.92 Å². The molecule has 0 bridgehead atoms. The molecule has 19 heavy (non-hydrogen) atoms. The molecule has 0 amide bonds. The number of aliphatic carboxylic acids is 2. The van der Waals surface area contributed by atoms with Crippen LogP contribution in [0.4, 0.5) is 0 Å². The first-order valence-corrected chi connectivity index (χ1v) is 5.51. The van der Waals surface area contributed by atoms with Crippen LogP contribution in [0.15, 0.2) is 36.0 Å². The number of esters is 1. The Morgan fingerprint density at radius 2 is 1.89 bits per heavy atom. The maximum atomic E-state index is 11.3. The fraction of sp³-hybridized carbons (Fsp3) is 0.308. The highest BCUT2D eigenvalue weighted by molar-refractivity contribution is 5.95. The van der Waals surface area contributed by atoms with Crippen LogP contribution < -0.4 is 0 Å². The number of hydrogen-bond donors (Lipinski definition) is 2. The number of carboxylic acid groups (broad SMARTS) is 2. The normalized spacial score (nSPS) is 13.1. The maximum absolute atomic E-state index is 11.3. The van der Waals surface area contributed by atoms with Gasteiger partial charge in [0.25, 0.3) is 0 Å². The first-order chi connectivity index (χ1) is 8.79. The molecular weight excluding hydrogens is 252 g/mol. The van der Waals surface area contributed by atoms with Gasteiger partial charge < -0.3 is 14.9 Å². The van der Waals surface area contributed by atoms with E-state index in [1.807, 2.05) is 0 Å². The monoisotopic (exact) mass is 268 g/mol. The maximum Gasteiger partial charge on any atom is 0.337 e. The van der Waals surface area contributed by atoms with E-state index in [0.717, 1.165) is 12.2 Å². The van der Waals surface area contributed by atoms with Gasteiger partial charge in [-0.15, -0.1) is 0 Å². The summed E-state index contributed by atoms with van der Waals surface area (Å²) in [4.78, 5) is 32.7. The lowest BCUT2D eigenvalue weighted by Crippen LogP contribution is -2.12. The number of ether oxygens (including phenoxy) is 1. The second kappa shape index (κ2) is 7.86. The number of carbonyl (C=O) groups is 3. The second-order valence-corrected chi connectivity index (χ2v) is 3.64. The Balaban J connectivity index is 5.11. The van der Waals surface area contributed by atoms with E-state index in [9.17, 15) is 14.4 Å². The van der Waals surface area contributed by atoms with Crippen molar-refractivity contribution in [3.63, 3.8) is 0 Å². The lowest BCUT2D eigenvalue weighted by Gasteiger charge is -2.08. The zero-order chi connectivity index (χ0) is 15.0. The number of allylic oxidation sites excluding steroid dienone is 1. The van der Waals surface area contributed by atoms with Gasteiger partial charge in [0, 0.05) is 17.6 Å². The van der Waals surface area contributed by atoms with Crippen molar-refractivity contribution >= 4 is 17.9 Å². The molecule has 0 aliphatic rings. The largest absolute Gasteiger partial charge is 0.478 e. The van der Waals surface area contributed by atoms with Crippen LogP contribution in [0.3, 0.4) is 0 Å². The lowest BCUT2D eigenvalue weighted by atomic mass is 9.98. The Labute approximate surface area is 110 Å². The fourth-order valence-corrected chi connectivity index (χ4v) is 1.19. The zero-order valence-corrected chi connectivity index (χ0v) is 10.8. The third kappa shape index (κ3) is 6.21. The molecule has 0 saturated carbocycles. The van der Waals surface area contributed by atoms with Gasteiger partial charge >= 0.3 is 17.9 Å². The van der Waals surface area contributed by atoms with Crippen LogP contribution in [-0.2, 0) is 19.1 Å². The number of rotatable bonds is 7. The van der Waals surface area contributed by atoms with Crippen molar-refractivity contribution < 1.29 is 29.3 Å². The summed E-state index contributed by atoms with van der Waals surface area (Å²) in [6.45, 7) is 6.69. The van der Waals surface area contributed by atoms with Gasteiger partial charge in [0.15, 0.2) is 0 Å². The standard InChI is InChI=1S/C13H16O6/c1-4-19-13(18)9(3)7-10(12(16)17)8(2)5-6-11(14)15/h5-8H,3-4H2,1-2H3,(H,14,15)(H,16,17). The smallest absolute Gasteiger partial charge is 0.337 e. The van der Waals surface area contributed by atoms with E-state index >= 15 is 0 Å². The number of carboxylic acids is 2.